The van der Waals surface area contributed by atoms with E-state index >= 15 is 0 Å². The number of hydrogen-bond donors (Lipinski definition) is 1. The zero-order chi connectivity index (χ0) is 22.2. The number of anilines is 2. The van der Waals surface area contributed by atoms with Crippen LogP contribution in [0, 0.1) is 0 Å². The van der Waals surface area contributed by atoms with Crippen molar-refractivity contribution >= 4 is 53.7 Å². The van der Waals surface area contributed by atoms with E-state index in [0.29, 0.717) is 0 Å². The van der Waals surface area contributed by atoms with Gasteiger partial charge in [-0.2, -0.15) is 0 Å². The van der Waals surface area contributed by atoms with Crippen molar-refractivity contribution in [1.29, 1.82) is 0 Å². The Bertz CT molecular complexity index is 1720. The van der Waals surface area contributed by atoms with Gasteiger partial charge in [-0.3, -0.25) is 0 Å². The molecule has 1 aliphatic carbocycles. The van der Waals surface area contributed by atoms with Crippen LogP contribution in [0.15, 0.2) is 97.1 Å². The maximum absolute atomic E-state index is 3.85. The minimum absolute atomic E-state index is 0.00610. The Morgan fingerprint density at radius 3 is 2.21 bits per heavy atom. The van der Waals surface area contributed by atoms with Crippen LogP contribution in [0.2, 0.25) is 0 Å². The van der Waals surface area contributed by atoms with E-state index in [4.69, 9.17) is 0 Å². The summed E-state index contributed by atoms with van der Waals surface area (Å²) in [6, 6.07) is 35.4. The van der Waals surface area contributed by atoms with Crippen molar-refractivity contribution in [2.45, 2.75) is 19.3 Å². The van der Waals surface area contributed by atoms with Crippen molar-refractivity contribution in [2.75, 3.05) is 5.32 Å². The largest absolute Gasteiger partial charge is 0.354 e. The van der Waals surface area contributed by atoms with Crippen LogP contribution in [0.5, 0.6) is 0 Å². The molecule has 1 aliphatic rings. The van der Waals surface area contributed by atoms with Crippen LogP contribution in [0.1, 0.15) is 25.0 Å². The Labute approximate surface area is 197 Å². The molecule has 1 nitrogen and oxygen atoms in total. The number of thiophene rings is 1. The third-order valence-corrected chi connectivity index (χ3v) is 8.55. The van der Waals surface area contributed by atoms with Crippen molar-refractivity contribution in [3.8, 4) is 11.1 Å². The van der Waals surface area contributed by atoms with Gasteiger partial charge in [0.1, 0.15) is 0 Å². The molecular formula is C31H23NS. The first-order valence-corrected chi connectivity index (χ1v) is 12.3. The molecule has 1 aromatic heterocycles. The van der Waals surface area contributed by atoms with Crippen LogP contribution in [0.4, 0.5) is 11.4 Å². The van der Waals surface area contributed by atoms with E-state index in [0.717, 1.165) is 0 Å². The third-order valence-electron chi connectivity index (χ3n) is 7.27. The summed E-state index contributed by atoms with van der Waals surface area (Å²) < 4.78 is 2.68. The van der Waals surface area contributed by atoms with Gasteiger partial charge in [0.25, 0.3) is 0 Å². The normalized spacial score (nSPS) is 14.0. The number of benzene rings is 5. The van der Waals surface area contributed by atoms with E-state index in [1.165, 1.54) is 64.6 Å². The quantitative estimate of drug-likeness (QED) is 0.282. The summed E-state index contributed by atoms with van der Waals surface area (Å²) in [5.74, 6) is 0. The molecule has 7 rings (SSSR count). The molecule has 0 atom stereocenters. The second kappa shape index (κ2) is 6.69. The summed E-state index contributed by atoms with van der Waals surface area (Å²) in [7, 11) is 0. The van der Waals surface area contributed by atoms with Crippen LogP contribution in [0.3, 0.4) is 0 Å². The third kappa shape index (κ3) is 2.59. The summed E-state index contributed by atoms with van der Waals surface area (Å²) in [6.45, 7) is 4.67. The SMILES string of the molecule is CC1(C)c2ccccc2-c2c(Nc3cccc4c3sc3c5ccccc5ccc43)cccc21. The van der Waals surface area contributed by atoms with Gasteiger partial charge in [0.2, 0.25) is 0 Å². The predicted octanol–water partition coefficient (Wildman–Crippen LogP) is 9.26. The monoisotopic (exact) mass is 441 g/mol. The lowest BCUT2D eigenvalue weighted by Gasteiger charge is -2.21. The summed E-state index contributed by atoms with van der Waals surface area (Å²) in [5.41, 5.74) is 7.83. The number of rotatable bonds is 2. The topological polar surface area (TPSA) is 12.0 Å². The molecule has 158 valence electrons. The molecule has 0 unspecified atom stereocenters. The average Bonchev–Trinajstić information content (AvgIpc) is 3.34. The lowest BCUT2D eigenvalue weighted by Crippen LogP contribution is -2.14. The van der Waals surface area contributed by atoms with Crippen molar-refractivity contribution in [3.63, 3.8) is 0 Å². The Kier molecular flexibility index (Phi) is 3.83. The molecule has 1 heterocycles. The first-order chi connectivity index (χ1) is 16.1. The van der Waals surface area contributed by atoms with Gasteiger partial charge in [-0.15, -0.1) is 11.3 Å². The van der Waals surface area contributed by atoms with Gasteiger partial charge in [-0.05, 0) is 39.6 Å². The predicted molar refractivity (Wildman–Crippen MR) is 144 cm³/mol. The fourth-order valence-electron chi connectivity index (χ4n) is 5.63. The van der Waals surface area contributed by atoms with E-state index < -0.39 is 0 Å². The van der Waals surface area contributed by atoms with Crippen LogP contribution in [-0.4, -0.2) is 0 Å². The van der Waals surface area contributed by atoms with E-state index in [1.54, 1.807) is 0 Å². The number of fused-ring (bicyclic) bond motifs is 8. The molecule has 0 amide bonds. The summed E-state index contributed by atoms with van der Waals surface area (Å²) in [4.78, 5) is 0. The molecular weight excluding hydrogens is 418 g/mol. The molecule has 0 spiro atoms. The Morgan fingerprint density at radius 2 is 1.27 bits per heavy atom. The molecule has 6 aromatic rings. The van der Waals surface area contributed by atoms with Crippen LogP contribution < -0.4 is 5.32 Å². The summed E-state index contributed by atoms with van der Waals surface area (Å²) >= 11 is 1.89. The summed E-state index contributed by atoms with van der Waals surface area (Å²) in [5, 5.41) is 9.13. The highest BCUT2D eigenvalue weighted by atomic mass is 32.1. The highest BCUT2D eigenvalue weighted by molar-refractivity contribution is 7.27. The maximum atomic E-state index is 3.85. The van der Waals surface area contributed by atoms with Gasteiger partial charge in [0.05, 0.1) is 10.4 Å². The van der Waals surface area contributed by atoms with Gasteiger partial charge < -0.3 is 5.32 Å². The Hall–Kier alpha value is -3.62. The first-order valence-electron chi connectivity index (χ1n) is 11.5. The zero-order valence-electron chi connectivity index (χ0n) is 18.6. The molecule has 1 N–H and O–H groups in total. The fourth-order valence-corrected chi connectivity index (χ4v) is 6.93. The van der Waals surface area contributed by atoms with Crippen molar-refractivity contribution in [1.82, 2.24) is 0 Å². The van der Waals surface area contributed by atoms with Gasteiger partial charge >= 0.3 is 0 Å². The van der Waals surface area contributed by atoms with Crippen molar-refractivity contribution in [2.24, 2.45) is 0 Å². The van der Waals surface area contributed by atoms with Crippen LogP contribution >= 0.6 is 11.3 Å². The highest BCUT2D eigenvalue weighted by Crippen LogP contribution is 2.52. The molecule has 0 saturated carbocycles. The lowest BCUT2D eigenvalue weighted by molar-refractivity contribution is 0.660. The molecule has 0 radical (unpaired) electrons. The van der Waals surface area contributed by atoms with Gasteiger partial charge in [-0.1, -0.05) is 98.8 Å². The van der Waals surface area contributed by atoms with Crippen LogP contribution in [0.25, 0.3) is 42.1 Å². The zero-order valence-corrected chi connectivity index (χ0v) is 19.5. The lowest BCUT2D eigenvalue weighted by atomic mass is 9.82. The number of hydrogen-bond acceptors (Lipinski definition) is 2. The minimum Gasteiger partial charge on any atom is -0.354 e. The summed E-state index contributed by atoms with van der Waals surface area (Å²) in [6.07, 6.45) is 0. The molecule has 33 heavy (non-hydrogen) atoms. The second-order valence-electron chi connectivity index (χ2n) is 9.47. The van der Waals surface area contributed by atoms with E-state index in [2.05, 4.69) is 116 Å². The first kappa shape index (κ1) is 18.9. The van der Waals surface area contributed by atoms with Crippen molar-refractivity contribution < 1.29 is 0 Å². The molecule has 5 aromatic carbocycles. The minimum atomic E-state index is 0.00610. The van der Waals surface area contributed by atoms with Gasteiger partial charge in [0, 0.05) is 32.1 Å². The van der Waals surface area contributed by atoms with Gasteiger partial charge in [-0.25, -0.2) is 0 Å². The number of nitrogens with one attached hydrogen (secondary N) is 1. The highest BCUT2D eigenvalue weighted by Gasteiger charge is 2.36. The molecule has 2 heteroatoms. The second-order valence-corrected chi connectivity index (χ2v) is 10.5. The Morgan fingerprint density at radius 1 is 0.576 bits per heavy atom. The smallest absolute Gasteiger partial charge is 0.0590 e. The van der Waals surface area contributed by atoms with E-state index in [9.17, 15) is 0 Å². The Balaban J connectivity index is 1.45. The van der Waals surface area contributed by atoms with E-state index in [1.807, 2.05) is 11.3 Å². The molecule has 0 aliphatic heterocycles. The molecule has 0 bridgehead atoms. The molecule has 0 fully saturated rings. The fraction of sp³-hybridized carbons (Fsp3) is 0.0968. The van der Waals surface area contributed by atoms with E-state index in [-0.39, 0.29) is 5.41 Å². The standard InChI is InChI=1S/C31H23NS/c1-31(2)24-13-6-5-11-23(24)28-25(31)14-8-15-26(28)32-27-16-7-12-21-22-18-17-19-9-3-4-10-20(19)29(22)33-30(21)27/h3-18,32H,1-2H3. The van der Waals surface area contributed by atoms with Crippen LogP contribution in [-0.2, 0) is 5.41 Å². The maximum Gasteiger partial charge on any atom is 0.0590 e. The average molecular weight is 442 g/mol. The van der Waals surface area contributed by atoms with Gasteiger partial charge in [0.15, 0.2) is 0 Å². The molecule has 0 saturated heterocycles. The van der Waals surface area contributed by atoms with Crippen molar-refractivity contribution in [3.05, 3.63) is 108 Å².